The number of hydrogen-bond acceptors (Lipinski definition) is 10. The molecule has 37 heavy (non-hydrogen) atoms. The summed E-state index contributed by atoms with van der Waals surface area (Å²) in [6.45, 7) is 1.93. The van der Waals surface area contributed by atoms with Crippen molar-refractivity contribution in [2.75, 3.05) is 13.2 Å². The van der Waals surface area contributed by atoms with Gasteiger partial charge in [-0.25, -0.2) is 13.2 Å². The number of esters is 3. The van der Waals surface area contributed by atoms with Crippen LogP contribution in [0.5, 0.6) is 5.75 Å². The van der Waals surface area contributed by atoms with Crippen LogP contribution in [-0.4, -0.2) is 66.9 Å². The van der Waals surface area contributed by atoms with Gasteiger partial charge in [-0.3, -0.25) is 14.4 Å². The Labute approximate surface area is 207 Å². The van der Waals surface area contributed by atoms with Crippen LogP contribution in [0.25, 0.3) is 0 Å². The molecule has 1 aromatic carbocycles. The summed E-state index contributed by atoms with van der Waals surface area (Å²) in [5, 5.41) is 10.4. The van der Waals surface area contributed by atoms with Crippen molar-refractivity contribution in [2.45, 2.75) is 70.2 Å². The van der Waals surface area contributed by atoms with E-state index in [4.69, 9.17) is 24.7 Å². The van der Waals surface area contributed by atoms with Crippen LogP contribution in [0.1, 0.15) is 39.5 Å². The van der Waals surface area contributed by atoms with Gasteiger partial charge < -0.3 is 34.5 Å². The maximum atomic E-state index is 13.6. The molecule has 0 spiro atoms. The van der Waals surface area contributed by atoms with E-state index in [2.05, 4.69) is 4.74 Å². The molecule has 0 aromatic heterocycles. The second-order valence-corrected chi connectivity index (χ2v) is 8.04. The molecule has 0 bridgehead atoms. The quantitative estimate of drug-likeness (QED) is 0.106. The highest BCUT2D eigenvalue weighted by Crippen LogP contribution is 2.29. The minimum absolute atomic E-state index is 0.0102. The molecule has 2 unspecified atom stereocenters. The lowest BCUT2D eigenvalue weighted by Gasteiger charge is -2.42. The predicted molar refractivity (Wildman–Crippen MR) is 111 cm³/mol. The van der Waals surface area contributed by atoms with Gasteiger partial charge in [-0.2, -0.15) is 8.78 Å². The van der Waals surface area contributed by atoms with Gasteiger partial charge >= 0.3 is 17.9 Å². The molecule has 1 heterocycles. The summed E-state index contributed by atoms with van der Waals surface area (Å²) < 4.78 is 91.9. The van der Waals surface area contributed by atoms with Gasteiger partial charge in [0, 0.05) is 26.9 Å². The molecule has 0 saturated carbocycles. The van der Waals surface area contributed by atoms with E-state index in [-0.39, 0.29) is 19.6 Å². The average molecular weight is 543 g/mol. The second-order valence-electron chi connectivity index (χ2n) is 8.04. The molecule has 1 aliphatic rings. The van der Waals surface area contributed by atoms with Gasteiger partial charge in [0.1, 0.15) is 18.8 Å². The molecule has 5 atom stereocenters. The first kappa shape index (κ1) is 30.3. The van der Waals surface area contributed by atoms with Gasteiger partial charge in [0.05, 0.1) is 6.04 Å². The number of hydrogen-bond donors (Lipinski definition) is 2. The average Bonchev–Trinajstić information content (AvgIpc) is 2.84. The fraction of sp³-hybridized carbons (Fsp3) is 0.591. The minimum atomic E-state index is -2.37. The van der Waals surface area contributed by atoms with Gasteiger partial charge in [0.25, 0.3) is 0 Å². The number of rotatable bonds is 11. The van der Waals surface area contributed by atoms with E-state index in [1.165, 1.54) is 0 Å². The fourth-order valence-corrected chi connectivity index (χ4v) is 3.35. The molecule has 0 amide bonds. The SMILES string of the molecule is CC(=O)OCC1O[C@@H](OCCCCCC(=O)Oc2c(F)c(F)c(F)c(F)c2F)[C@@H](N)C(O)[C@H]1OC(C)=O. The normalized spacial score (nSPS) is 23.4. The first-order valence-electron chi connectivity index (χ1n) is 11.1. The molecule has 10 nitrogen and oxygen atoms in total. The smallest absolute Gasteiger partial charge is 0.311 e. The highest BCUT2D eigenvalue weighted by Gasteiger charge is 2.46. The van der Waals surface area contributed by atoms with E-state index in [9.17, 15) is 41.4 Å². The number of unbranched alkanes of at least 4 members (excludes halogenated alkanes) is 2. The molecule has 0 radical (unpaired) electrons. The number of carbonyl (C=O) groups is 3. The summed E-state index contributed by atoms with van der Waals surface area (Å²) in [5.41, 5.74) is 5.92. The van der Waals surface area contributed by atoms with E-state index >= 15 is 0 Å². The van der Waals surface area contributed by atoms with Gasteiger partial charge in [-0.15, -0.1) is 0 Å². The summed E-state index contributed by atoms with van der Waals surface area (Å²) in [5.74, 6) is -15.6. The highest BCUT2D eigenvalue weighted by molar-refractivity contribution is 5.72. The Hall–Kier alpha value is -2.88. The van der Waals surface area contributed by atoms with Crippen molar-refractivity contribution in [1.29, 1.82) is 0 Å². The third-order valence-electron chi connectivity index (χ3n) is 5.17. The Morgan fingerprint density at radius 2 is 1.51 bits per heavy atom. The number of benzene rings is 1. The molecule has 2 rings (SSSR count). The van der Waals surface area contributed by atoms with Crippen LogP contribution in [0.15, 0.2) is 0 Å². The zero-order valence-corrected chi connectivity index (χ0v) is 19.8. The van der Waals surface area contributed by atoms with Crippen LogP contribution in [0.2, 0.25) is 0 Å². The third-order valence-corrected chi connectivity index (χ3v) is 5.17. The third kappa shape index (κ3) is 8.05. The summed E-state index contributed by atoms with van der Waals surface area (Å²) >= 11 is 0. The number of carbonyl (C=O) groups excluding carboxylic acids is 3. The van der Waals surface area contributed by atoms with Gasteiger partial charge in [-0.05, 0) is 12.8 Å². The van der Waals surface area contributed by atoms with Crippen molar-refractivity contribution in [3.05, 3.63) is 29.1 Å². The van der Waals surface area contributed by atoms with E-state index < -0.39 is 89.8 Å². The Bertz CT molecular complexity index is 967. The topological polar surface area (TPSA) is 144 Å². The van der Waals surface area contributed by atoms with Crippen LogP contribution < -0.4 is 10.5 Å². The molecule has 1 aliphatic heterocycles. The number of aliphatic hydroxyl groups is 1. The number of aliphatic hydroxyl groups excluding tert-OH is 1. The molecule has 208 valence electrons. The monoisotopic (exact) mass is 543 g/mol. The number of halogens is 5. The van der Waals surface area contributed by atoms with E-state index in [0.29, 0.717) is 12.8 Å². The van der Waals surface area contributed by atoms with E-state index in [0.717, 1.165) is 13.8 Å². The highest BCUT2D eigenvalue weighted by atomic mass is 19.2. The lowest BCUT2D eigenvalue weighted by molar-refractivity contribution is -0.271. The first-order chi connectivity index (χ1) is 17.3. The molecule has 1 saturated heterocycles. The maximum absolute atomic E-state index is 13.6. The summed E-state index contributed by atoms with van der Waals surface area (Å²) in [4.78, 5) is 34.2. The molecule has 0 aliphatic carbocycles. The van der Waals surface area contributed by atoms with Crippen LogP contribution in [0, 0.1) is 29.1 Å². The largest absolute Gasteiger partial charge is 0.463 e. The van der Waals surface area contributed by atoms with Crippen LogP contribution in [-0.2, 0) is 33.3 Å². The first-order valence-corrected chi connectivity index (χ1v) is 11.1. The molecule has 1 fully saturated rings. The molecule has 15 heteroatoms. The number of ether oxygens (including phenoxy) is 5. The van der Waals surface area contributed by atoms with E-state index in [1.807, 2.05) is 0 Å². The molecule has 3 N–H and O–H groups in total. The Kier molecular flexibility index (Phi) is 11.2. The zero-order valence-electron chi connectivity index (χ0n) is 19.8. The van der Waals surface area contributed by atoms with Crippen molar-refractivity contribution in [3.8, 4) is 5.75 Å². The van der Waals surface area contributed by atoms with Crippen molar-refractivity contribution >= 4 is 17.9 Å². The summed E-state index contributed by atoms with van der Waals surface area (Å²) in [6, 6.07) is -1.13. The Balaban J connectivity index is 1.81. The van der Waals surface area contributed by atoms with Crippen LogP contribution in [0.4, 0.5) is 22.0 Å². The minimum Gasteiger partial charge on any atom is -0.463 e. The van der Waals surface area contributed by atoms with Gasteiger partial charge in [0.2, 0.25) is 34.8 Å². The van der Waals surface area contributed by atoms with Crippen molar-refractivity contribution in [1.82, 2.24) is 0 Å². The fourth-order valence-electron chi connectivity index (χ4n) is 3.35. The second kappa shape index (κ2) is 13.6. The maximum Gasteiger partial charge on any atom is 0.311 e. The standard InChI is InChI=1S/C22H26F5NO9/c1-9(29)34-8-11-20(35-10(2)30)19(32)18(28)22(36-11)33-7-5-3-4-6-12(31)37-21-16(26)14(24)13(23)15(25)17(21)27/h11,18-20,22,32H,3-8,28H2,1-2H3/t11?,18-,19?,20-,22+/m0/s1. The number of nitrogens with two attached hydrogens (primary N) is 1. The summed E-state index contributed by atoms with van der Waals surface area (Å²) in [6.07, 6.45) is -4.52. The van der Waals surface area contributed by atoms with Crippen LogP contribution >= 0.6 is 0 Å². The van der Waals surface area contributed by atoms with Crippen LogP contribution in [0.3, 0.4) is 0 Å². The Morgan fingerprint density at radius 1 is 0.919 bits per heavy atom. The van der Waals surface area contributed by atoms with Gasteiger partial charge in [-0.1, -0.05) is 6.42 Å². The van der Waals surface area contributed by atoms with Crippen molar-refractivity contribution in [3.63, 3.8) is 0 Å². The van der Waals surface area contributed by atoms with E-state index in [1.54, 1.807) is 0 Å². The van der Waals surface area contributed by atoms with Crippen molar-refractivity contribution in [2.24, 2.45) is 5.73 Å². The molecular formula is C22H26F5NO9. The van der Waals surface area contributed by atoms with Gasteiger partial charge in [0.15, 0.2) is 12.4 Å². The molecule has 1 aromatic rings. The lowest BCUT2D eigenvalue weighted by Crippen LogP contribution is -2.63. The zero-order chi connectivity index (χ0) is 27.9. The lowest BCUT2D eigenvalue weighted by atomic mass is 9.97. The van der Waals surface area contributed by atoms with Crippen molar-refractivity contribution < 1.29 is 65.1 Å². The predicted octanol–water partition coefficient (Wildman–Crippen LogP) is 1.77. The summed E-state index contributed by atoms with van der Waals surface area (Å²) in [7, 11) is 0. The Morgan fingerprint density at radius 3 is 2.08 bits per heavy atom. The molecular weight excluding hydrogens is 517 g/mol.